The highest BCUT2D eigenvalue weighted by molar-refractivity contribution is 6.29. The van der Waals surface area contributed by atoms with Gasteiger partial charge >= 0.3 is 5.97 Å². The number of allylic oxidation sites excluding steroid dienone is 1. The van der Waals surface area contributed by atoms with Crippen molar-refractivity contribution in [1.82, 2.24) is 0 Å². The molecule has 0 heterocycles. The lowest BCUT2D eigenvalue weighted by molar-refractivity contribution is -0.156. The molecule has 7 heteroatoms. The van der Waals surface area contributed by atoms with Crippen molar-refractivity contribution in [3.05, 3.63) is 23.8 Å². The van der Waals surface area contributed by atoms with Gasteiger partial charge in [-0.25, -0.2) is 4.39 Å². The number of rotatable bonds is 5. The minimum Gasteiger partial charge on any atom is -0.481 e. The van der Waals surface area contributed by atoms with Crippen LogP contribution in [0.2, 0.25) is 0 Å². The SMILES string of the molecule is C=C1C[C@H]2[C@@H]3C[C@H](F)C4=CC(=O)C(CCC(=O)O)C[C@]4(C)[C@H]3CC[C@]2(C)[C@@]1(O)C(=O)CCl. The summed E-state index contributed by atoms with van der Waals surface area (Å²) >= 11 is 5.84. The number of aliphatic hydroxyl groups is 1. The summed E-state index contributed by atoms with van der Waals surface area (Å²) in [5.74, 6) is -2.33. The average Bonchev–Trinajstić information content (AvgIpc) is 2.94. The minimum atomic E-state index is -1.69. The van der Waals surface area contributed by atoms with Crippen LogP contribution in [0.3, 0.4) is 0 Å². The summed E-state index contributed by atoms with van der Waals surface area (Å²) in [6.07, 6.45) is 2.80. The van der Waals surface area contributed by atoms with Crippen LogP contribution < -0.4 is 0 Å². The zero-order valence-corrected chi connectivity index (χ0v) is 19.5. The lowest BCUT2D eigenvalue weighted by atomic mass is 9.45. The highest BCUT2D eigenvalue weighted by atomic mass is 35.5. The second kappa shape index (κ2) is 7.76. The summed E-state index contributed by atoms with van der Waals surface area (Å²) in [6.45, 7) is 7.96. The highest BCUT2D eigenvalue weighted by Gasteiger charge is 2.68. The van der Waals surface area contributed by atoms with E-state index in [9.17, 15) is 19.5 Å². The van der Waals surface area contributed by atoms with Crippen molar-refractivity contribution in [2.45, 2.75) is 70.6 Å². The van der Waals surface area contributed by atoms with E-state index in [4.69, 9.17) is 16.7 Å². The number of hydrogen-bond donors (Lipinski definition) is 2. The normalized spacial score (nSPS) is 45.5. The van der Waals surface area contributed by atoms with Crippen LogP contribution in [0.4, 0.5) is 4.39 Å². The third kappa shape index (κ3) is 3.08. The fraction of sp³-hybridized carbons (Fsp3) is 0.720. The fourth-order valence-corrected chi connectivity index (χ4v) is 8.06. The van der Waals surface area contributed by atoms with Gasteiger partial charge in [-0.3, -0.25) is 14.4 Å². The van der Waals surface area contributed by atoms with Crippen molar-refractivity contribution in [1.29, 1.82) is 0 Å². The Morgan fingerprint density at radius 2 is 2.00 bits per heavy atom. The van der Waals surface area contributed by atoms with E-state index >= 15 is 4.39 Å². The number of carbonyl (C=O) groups excluding carboxylic acids is 2. The second-order valence-corrected chi connectivity index (χ2v) is 11.1. The van der Waals surface area contributed by atoms with E-state index in [1.54, 1.807) is 0 Å². The van der Waals surface area contributed by atoms with Crippen molar-refractivity contribution in [2.75, 3.05) is 5.88 Å². The fourth-order valence-electron chi connectivity index (χ4n) is 7.87. The molecule has 0 aliphatic heterocycles. The van der Waals surface area contributed by atoms with E-state index in [1.807, 2.05) is 13.8 Å². The number of carbonyl (C=O) groups is 3. The highest BCUT2D eigenvalue weighted by Crippen LogP contribution is 2.69. The molecule has 4 aliphatic rings. The Morgan fingerprint density at radius 3 is 2.62 bits per heavy atom. The second-order valence-electron chi connectivity index (χ2n) is 10.9. The van der Waals surface area contributed by atoms with Crippen LogP contribution in [0.15, 0.2) is 23.8 Å². The first kappa shape index (κ1) is 23.6. The Labute approximate surface area is 193 Å². The Kier molecular flexibility index (Phi) is 5.73. The van der Waals surface area contributed by atoms with Gasteiger partial charge in [0.1, 0.15) is 6.17 Å². The Bertz CT molecular complexity index is 914. The van der Waals surface area contributed by atoms with Crippen LogP contribution in [0.5, 0.6) is 0 Å². The molecule has 0 radical (unpaired) electrons. The molecule has 176 valence electrons. The van der Waals surface area contributed by atoms with E-state index in [0.29, 0.717) is 36.8 Å². The van der Waals surface area contributed by atoms with E-state index in [1.165, 1.54) is 6.08 Å². The topological polar surface area (TPSA) is 91.7 Å². The molecule has 3 saturated carbocycles. The molecule has 4 rings (SSSR count). The number of hydrogen-bond acceptors (Lipinski definition) is 4. The summed E-state index contributed by atoms with van der Waals surface area (Å²) in [6, 6.07) is 0. The smallest absolute Gasteiger partial charge is 0.303 e. The molecule has 2 N–H and O–H groups in total. The van der Waals surface area contributed by atoms with Crippen LogP contribution in [-0.2, 0) is 14.4 Å². The lowest BCUT2D eigenvalue weighted by Crippen LogP contribution is -2.59. The van der Waals surface area contributed by atoms with Crippen molar-refractivity contribution in [2.24, 2.45) is 34.5 Å². The largest absolute Gasteiger partial charge is 0.481 e. The average molecular weight is 467 g/mol. The molecule has 1 unspecified atom stereocenters. The summed E-state index contributed by atoms with van der Waals surface area (Å²) in [5, 5.41) is 20.6. The zero-order chi connectivity index (χ0) is 23.6. The van der Waals surface area contributed by atoms with Gasteiger partial charge in [-0.1, -0.05) is 20.4 Å². The lowest BCUT2D eigenvalue weighted by Gasteiger charge is -2.59. The Balaban J connectivity index is 1.70. The molecule has 8 atom stereocenters. The maximum absolute atomic E-state index is 15.6. The molecular formula is C25H32ClFO5. The molecule has 0 bridgehead atoms. The molecule has 0 aromatic carbocycles. The van der Waals surface area contributed by atoms with Gasteiger partial charge in [0.15, 0.2) is 17.2 Å². The van der Waals surface area contributed by atoms with E-state index in [2.05, 4.69) is 6.58 Å². The number of carboxylic acid groups (broad SMARTS) is 1. The van der Waals surface area contributed by atoms with Crippen LogP contribution in [0.25, 0.3) is 0 Å². The third-order valence-electron chi connectivity index (χ3n) is 9.53. The number of carboxylic acids is 1. The van der Waals surface area contributed by atoms with E-state index < -0.39 is 40.3 Å². The summed E-state index contributed by atoms with van der Waals surface area (Å²) < 4.78 is 15.6. The van der Waals surface area contributed by atoms with Gasteiger partial charge in [-0.15, -0.1) is 11.6 Å². The Morgan fingerprint density at radius 1 is 1.31 bits per heavy atom. The van der Waals surface area contributed by atoms with Crippen molar-refractivity contribution in [3.8, 4) is 0 Å². The van der Waals surface area contributed by atoms with Crippen molar-refractivity contribution in [3.63, 3.8) is 0 Å². The number of ketones is 2. The molecule has 5 nitrogen and oxygen atoms in total. The molecule has 3 fully saturated rings. The first-order valence-corrected chi connectivity index (χ1v) is 12.0. The molecule has 0 amide bonds. The number of fused-ring (bicyclic) bond motifs is 5. The standard InChI is InChI=1S/C25H32ClFO5/c1-13-8-17-15-9-19(27)18-10-20(28)14(4-5-22(30)31)11-23(18,2)16(15)6-7-24(17,3)25(13,32)21(29)12-26/h10,14-17,19,32H,1,4-9,11-12H2,2-3H3,(H,30,31)/t14?,15-,16+,17+,19+,23-,24+,25+/m1/s1. The van der Waals surface area contributed by atoms with Gasteiger partial charge < -0.3 is 10.2 Å². The van der Waals surface area contributed by atoms with Crippen LogP contribution >= 0.6 is 11.6 Å². The summed E-state index contributed by atoms with van der Waals surface area (Å²) in [4.78, 5) is 36.4. The third-order valence-corrected chi connectivity index (χ3v) is 9.77. The maximum atomic E-state index is 15.6. The van der Waals surface area contributed by atoms with Crippen LogP contribution in [-0.4, -0.2) is 45.4 Å². The van der Waals surface area contributed by atoms with Gasteiger partial charge in [-0.05, 0) is 78.9 Å². The predicted molar refractivity (Wildman–Crippen MR) is 118 cm³/mol. The first-order valence-electron chi connectivity index (χ1n) is 11.5. The van der Waals surface area contributed by atoms with Gasteiger partial charge in [-0.2, -0.15) is 0 Å². The van der Waals surface area contributed by atoms with Gasteiger partial charge in [0, 0.05) is 17.8 Å². The number of alkyl halides is 2. The van der Waals surface area contributed by atoms with Crippen molar-refractivity contribution < 1.29 is 29.0 Å². The van der Waals surface area contributed by atoms with Gasteiger partial charge in [0.2, 0.25) is 0 Å². The maximum Gasteiger partial charge on any atom is 0.303 e. The van der Waals surface area contributed by atoms with E-state index in [-0.39, 0.29) is 48.7 Å². The summed E-state index contributed by atoms with van der Waals surface area (Å²) in [7, 11) is 0. The number of aliphatic carboxylic acids is 1. The zero-order valence-electron chi connectivity index (χ0n) is 18.7. The molecule has 32 heavy (non-hydrogen) atoms. The minimum absolute atomic E-state index is 0.0619. The number of halogens is 2. The predicted octanol–water partition coefficient (Wildman–Crippen LogP) is 4.26. The van der Waals surface area contributed by atoms with Crippen LogP contribution in [0, 0.1) is 34.5 Å². The van der Waals surface area contributed by atoms with Gasteiger partial charge in [0.25, 0.3) is 0 Å². The molecule has 0 aromatic heterocycles. The van der Waals surface area contributed by atoms with Crippen LogP contribution in [0.1, 0.15) is 58.8 Å². The molecule has 4 aliphatic carbocycles. The first-order chi connectivity index (χ1) is 14.9. The Hall–Kier alpha value is -1.53. The molecule has 0 aromatic rings. The van der Waals surface area contributed by atoms with Gasteiger partial charge in [0.05, 0.1) is 5.88 Å². The quantitative estimate of drug-likeness (QED) is 0.466. The molecular weight excluding hydrogens is 435 g/mol. The number of Topliss-reactive ketones (excluding diaryl/α,β-unsaturated/α-hetero) is 1. The summed E-state index contributed by atoms with van der Waals surface area (Å²) in [5.41, 5.74) is -1.97. The molecule has 0 spiro atoms. The molecule has 0 saturated heterocycles. The van der Waals surface area contributed by atoms with Crippen molar-refractivity contribution >= 4 is 29.1 Å². The monoisotopic (exact) mass is 466 g/mol. The van der Waals surface area contributed by atoms with E-state index in [0.717, 1.165) is 0 Å².